The van der Waals surface area contributed by atoms with Crippen LogP contribution in [0.2, 0.25) is 0 Å². The zero-order chi connectivity index (χ0) is 10.9. The van der Waals surface area contributed by atoms with E-state index in [1.807, 2.05) is 0 Å². The molecule has 0 aliphatic rings. The molecule has 78 valence electrons. The minimum atomic E-state index is -0.955. The number of methoxy groups -OCH3 is 1. The predicted octanol–water partition coefficient (Wildman–Crippen LogP) is 2.39. The molecule has 0 saturated carbocycles. The Morgan fingerprint density at radius 3 is 2.36 bits per heavy atom. The molecule has 3 nitrogen and oxygen atoms in total. The van der Waals surface area contributed by atoms with E-state index in [-0.39, 0.29) is 5.75 Å². The molecule has 0 aliphatic heterocycles. The van der Waals surface area contributed by atoms with Gasteiger partial charge < -0.3 is 14.9 Å². The minimum absolute atomic E-state index is 0.0421. The van der Waals surface area contributed by atoms with Gasteiger partial charge in [-0.15, -0.1) is 0 Å². The van der Waals surface area contributed by atoms with Gasteiger partial charge in [-0.2, -0.15) is 0 Å². The van der Waals surface area contributed by atoms with Crippen LogP contribution in [0.5, 0.6) is 11.5 Å². The number of halogens is 1. The number of benzene rings is 1. The van der Waals surface area contributed by atoms with E-state index in [9.17, 15) is 10.2 Å². The van der Waals surface area contributed by atoms with Gasteiger partial charge in [-0.1, -0.05) is 0 Å². The van der Waals surface area contributed by atoms with Crippen molar-refractivity contribution in [3.05, 3.63) is 22.2 Å². The molecule has 0 saturated heterocycles. The maximum atomic E-state index is 9.77. The maximum Gasteiger partial charge on any atom is 0.172 e. The van der Waals surface area contributed by atoms with Crippen LogP contribution in [0.1, 0.15) is 19.4 Å². The fourth-order valence-corrected chi connectivity index (χ4v) is 1.52. The van der Waals surface area contributed by atoms with Crippen molar-refractivity contribution in [3.63, 3.8) is 0 Å². The Morgan fingerprint density at radius 2 is 1.93 bits per heavy atom. The average molecular weight is 261 g/mol. The SMILES string of the molecule is COc1cc(C(C)(C)O)cc(Br)c1O. The van der Waals surface area contributed by atoms with Gasteiger partial charge in [0.15, 0.2) is 11.5 Å². The highest BCUT2D eigenvalue weighted by atomic mass is 79.9. The van der Waals surface area contributed by atoms with E-state index in [1.54, 1.807) is 26.0 Å². The van der Waals surface area contributed by atoms with Crippen molar-refractivity contribution in [2.75, 3.05) is 7.11 Å². The van der Waals surface area contributed by atoms with Gasteiger partial charge in [0.25, 0.3) is 0 Å². The molecule has 0 unspecified atom stereocenters. The molecule has 0 atom stereocenters. The normalized spacial score (nSPS) is 11.5. The largest absolute Gasteiger partial charge is 0.503 e. The molecule has 14 heavy (non-hydrogen) atoms. The maximum absolute atomic E-state index is 9.77. The third-order valence-corrected chi connectivity index (χ3v) is 2.56. The Labute approximate surface area is 91.5 Å². The molecule has 4 heteroatoms. The molecule has 1 aromatic rings. The second-order valence-corrected chi connectivity index (χ2v) is 4.42. The van der Waals surface area contributed by atoms with Crippen molar-refractivity contribution in [2.24, 2.45) is 0 Å². The molecule has 0 heterocycles. The van der Waals surface area contributed by atoms with Gasteiger partial charge in [0.2, 0.25) is 0 Å². The predicted molar refractivity (Wildman–Crippen MR) is 57.6 cm³/mol. The summed E-state index contributed by atoms with van der Waals surface area (Å²) in [6.45, 7) is 3.34. The number of hydrogen-bond donors (Lipinski definition) is 2. The summed E-state index contributed by atoms with van der Waals surface area (Å²) < 4.78 is 5.48. The molecule has 0 radical (unpaired) electrons. The number of phenols is 1. The molecule has 0 bridgehead atoms. The Kier molecular flexibility index (Phi) is 3.07. The van der Waals surface area contributed by atoms with Crippen LogP contribution < -0.4 is 4.74 Å². The molecule has 0 fully saturated rings. The molecule has 1 aromatic carbocycles. The highest BCUT2D eigenvalue weighted by Gasteiger charge is 2.19. The second kappa shape index (κ2) is 3.79. The standard InChI is InChI=1S/C10H13BrO3/c1-10(2,13)6-4-7(11)9(12)8(5-6)14-3/h4-5,12-13H,1-3H3. The Hall–Kier alpha value is -0.740. The van der Waals surface area contributed by atoms with Gasteiger partial charge in [0, 0.05) is 0 Å². The van der Waals surface area contributed by atoms with Crippen LogP contribution in [-0.4, -0.2) is 17.3 Å². The number of aromatic hydroxyl groups is 1. The molecular formula is C10H13BrO3. The van der Waals surface area contributed by atoms with E-state index in [1.165, 1.54) is 7.11 Å². The first-order valence-corrected chi connectivity index (χ1v) is 4.95. The van der Waals surface area contributed by atoms with Crippen LogP contribution in [-0.2, 0) is 5.60 Å². The highest BCUT2D eigenvalue weighted by Crippen LogP contribution is 2.37. The van der Waals surface area contributed by atoms with Crippen LogP contribution in [0, 0.1) is 0 Å². The smallest absolute Gasteiger partial charge is 0.172 e. The Bertz CT molecular complexity index is 342. The summed E-state index contributed by atoms with van der Waals surface area (Å²) >= 11 is 3.19. The monoisotopic (exact) mass is 260 g/mol. The lowest BCUT2D eigenvalue weighted by atomic mass is 9.98. The third kappa shape index (κ3) is 2.19. The second-order valence-electron chi connectivity index (χ2n) is 3.57. The first-order chi connectivity index (χ1) is 6.36. The Morgan fingerprint density at radius 1 is 1.36 bits per heavy atom. The zero-order valence-corrected chi connectivity index (χ0v) is 9.92. The lowest BCUT2D eigenvalue weighted by molar-refractivity contribution is 0.0782. The van der Waals surface area contributed by atoms with Gasteiger partial charge in [-0.05, 0) is 47.5 Å². The molecule has 2 N–H and O–H groups in total. The van der Waals surface area contributed by atoms with Crippen molar-refractivity contribution in [2.45, 2.75) is 19.4 Å². The van der Waals surface area contributed by atoms with Gasteiger partial charge in [0.05, 0.1) is 17.2 Å². The van der Waals surface area contributed by atoms with Gasteiger partial charge in [0.1, 0.15) is 0 Å². The summed E-state index contributed by atoms with van der Waals surface area (Å²) in [7, 11) is 1.47. The van der Waals surface area contributed by atoms with E-state index in [2.05, 4.69) is 15.9 Å². The summed E-state index contributed by atoms with van der Waals surface area (Å²) in [6.07, 6.45) is 0. The molecule has 0 amide bonds. The average Bonchev–Trinajstić information content (AvgIpc) is 2.07. The van der Waals surface area contributed by atoms with Crippen molar-refractivity contribution in [3.8, 4) is 11.5 Å². The summed E-state index contributed by atoms with van der Waals surface area (Å²) in [5.74, 6) is 0.386. The van der Waals surface area contributed by atoms with Crippen LogP contribution in [0.15, 0.2) is 16.6 Å². The zero-order valence-electron chi connectivity index (χ0n) is 8.34. The van der Waals surface area contributed by atoms with Crippen molar-refractivity contribution in [1.29, 1.82) is 0 Å². The fraction of sp³-hybridized carbons (Fsp3) is 0.400. The van der Waals surface area contributed by atoms with Crippen LogP contribution in [0.3, 0.4) is 0 Å². The lowest BCUT2D eigenvalue weighted by Crippen LogP contribution is -2.15. The van der Waals surface area contributed by atoms with E-state index >= 15 is 0 Å². The number of rotatable bonds is 2. The van der Waals surface area contributed by atoms with Crippen LogP contribution in [0.4, 0.5) is 0 Å². The Balaban J connectivity index is 3.30. The molecule has 0 aliphatic carbocycles. The number of phenolic OH excluding ortho intramolecular Hbond substituents is 1. The minimum Gasteiger partial charge on any atom is -0.503 e. The third-order valence-electron chi connectivity index (χ3n) is 1.95. The van der Waals surface area contributed by atoms with E-state index in [0.717, 1.165) is 0 Å². The van der Waals surface area contributed by atoms with Crippen LogP contribution in [0.25, 0.3) is 0 Å². The van der Waals surface area contributed by atoms with Crippen molar-refractivity contribution < 1.29 is 14.9 Å². The van der Waals surface area contributed by atoms with Crippen molar-refractivity contribution >= 4 is 15.9 Å². The van der Waals surface area contributed by atoms with E-state index < -0.39 is 5.60 Å². The van der Waals surface area contributed by atoms with Gasteiger partial charge in [-0.3, -0.25) is 0 Å². The van der Waals surface area contributed by atoms with Crippen LogP contribution >= 0.6 is 15.9 Å². The molecule has 0 spiro atoms. The van der Waals surface area contributed by atoms with E-state index in [0.29, 0.717) is 15.8 Å². The lowest BCUT2D eigenvalue weighted by Gasteiger charge is -2.19. The van der Waals surface area contributed by atoms with Gasteiger partial charge in [-0.25, -0.2) is 0 Å². The summed E-state index contributed by atoms with van der Waals surface area (Å²) in [4.78, 5) is 0. The van der Waals surface area contributed by atoms with Gasteiger partial charge >= 0.3 is 0 Å². The summed E-state index contributed by atoms with van der Waals surface area (Å²) in [6, 6.07) is 3.28. The quantitative estimate of drug-likeness (QED) is 0.859. The molecule has 0 aromatic heterocycles. The number of aliphatic hydroxyl groups is 1. The summed E-state index contributed by atoms with van der Waals surface area (Å²) in [5, 5.41) is 19.3. The molecule has 1 rings (SSSR count). The van der Waals surface area contributed by atoms with Crippen molar-refractivity contribution in [1.82, 2.24) is 0 Å². The highest BCUT2D eigenvalue weighted by molar-refractivity contribution is 9.10. The van der Waals surface area contributed by atoms with E-state index in [4.69, 9.17) is 4.74 Å². The topological polar surface area (TPSA) is 49.7 Å². The first-order valence-electron chi connectivity index (χ1n) is 4.15. The first kappa shape index (κ1) is 11.3. The molecular weight excluding hydrogens is 248 g/mol. The fourth-order valence-electron chi connectivity index (χ4n) is 1.08. The summed E-state index contributed by atoms with van der Waals surface area (Å²) in [5.41, 5.74) is -0.275. The number of hydrogen-bond acceptors (Lipinski definition) is 3. The number of ether oxygens (including phenoxy) is 1.